The van der Waals surface area contributed by atoms with Crippen molar-refractivity contribution in [2.45, 2.75) is 47.0 Å². The zero-order valence-electron chi connectivity index (χ0n) is 8.83. The summed E-state index contributed by atoms with van der Waals surface area (Å²) < 4.78 is 0. The van der Waals surface area contributed by atoms with Crippen LogP contribution in [-0.2, 0) is 0 Å². The lowest BCUT2D eigenvalue weighted by Gasteiger charge is -2.07. The molecule has 0 aliphatic rings. The van der Waals surface area contributed by atoms with Crippen LogP contribution in [0.15, 0.2) is 12.2 Å². The van der Waals surface area contributed by atoms with Crippen LogP contribution in [0.1, 0.15) is 47.0 Å². The van der Waals surface area contributed by atoms with Crippen molar-refractivity contribution < 1.29 is 0 Å². The molecule has 0 bridgehead atoms. The van der Waals surface area contributed by atoms with Gasteiger partial charge in [-0.2, -0.15) is 0 Å². The minimum atomic E-state index is 0.106. The van der Waals surface area contributed by atoms with Crippen LogP contribution in [0.25, 0.3) is 0 Å². The maximum atomic E-state index is 3.92. The zero-order chi connectivity index (χ0) is 9.61. The smallest absolute Gasteiger partial charge is 0.0233 e. The van der Waals surface area contributed by atoms with Gasteiger partial charge in [-0.1, -0.05) is 31.8 Å². The van der Waals surface area contributed by atoms with Crippen molar-refractivity contribution in [3.63, 3.8) is 0 Å². The molecule has 0 heterocycles. The Labute approximate surface area is 77.1 Å². The van der Waals surface area contributed by atoms with Gasteiger partial charge in [-0.3, -0.25) is 0 Å². The molecule has 68 valence electrons. The molecule has 0 aromatic carbocycles. The molecule has 0 aromatic heterocycles. The van der Waals surface area contributed by atoms with Crippen molar-refractivity contribution in [1.29, 1.82) is 0 Å². The maximum Gasteiger partial charge on any atom is 0.0233 e. The summed E-state index contributed by atoms with van der Waals surface area (Å²) in [5.41, 5.74) is 1.18. The number of unbranched alkanes of at least 4 members (excludes halogenated alkanes) is 1. The highest BCUT2D eigenvalue weighted by molar-refractivity contribution is 5.27. The van der Waals surface area contributed by atoms with Crippen molar-refractivity contribution in [3.05, 3.63) is 12.2 Å². The van der Waals surface area contributed by atoms with E-state index in [9.17, 15) is 0 Å². The molecule has 12 heavy (non-hydrogen) atoms. The van der Waals surface area contributed by atoms with E-state index in [0.29, 0.717) is 0 Å². The predicted octanol–water partition coefficient (Wildman–Crippen LogP) is 3.78. The van der Waals surface area contributed by atoms with E-state index >= 15 is 0 Å². The third-order valence-electron chi connectivity index (χ3n) is 1.45. The van der Waals surface area contributed by atoms with Gasteiger partial charge in [0.1, 0.15) is 0 Å². The summed E-state index contributed by atoms with van der Waals surface area (Å²) in [4.78, 5) is 0. The van der Waals surface area contributed by atoms with E-state index in [-0.39, 0.29) is 5.41 Å². The van der Waals surface area contributed by atoms with Crippen molar-refractivity contribution >= 4 is 0 Å². The Morgan fingerprint density at radius 1 is 1.33 bits per heavy atom. The molecule has 0 atom stereocenters. The molecule has 0 aliphatic carbocycles. The Morgan fingerprint density at radius 2 is 1.92 bits per heavy atom. The predicted molar refractivity (Wildman–Crippen MR) is 55.9 cm³/mol. The summed E-state index contributed by atoms with van der Waals surface area (Å²) in [5, 5.41) is 0. The number of hydrogen-bond acceptors (Lipinski definition) is 0. The lowest BCUT2D eigenvalue weighted by molar-refractivity contribution is 0.570. The lowest BCUT2D eigenvalue weighted by atomic mass is 9.97. The van der Waals surface area contributed by atoms with Gasteiger partial charge in [0.15, 0.2) is 0 Å². The van der Waals surface area contributed by atoms with Crippen LogP contribution < -0.4 is 0 Å². The van der Waals surface area contributed by atoms with Gasteiger partial charge in [-0.15, -0.1) is 0 Å². The fraction of sp³-hybridized carbons (Fsp3) is 0.667. The first-order chi connectivity index (χ1) is 5.45. The van der Waals surface area contributed by atoms with Crippen LogP contribution in [0.4, 0.5) is 0 Å². The molecule has 0 spiro atoms. The minimum absolute atomic E-state index is 0.106. The molecule has 0 radical (unpaired) electrons. The molecular formula is C12H20. The van der Waals surface area contributed by atoms with E-state index in [1.54, 1.807) is 0 Å². The molecule has 0 unspecified atom stereocenters. The Hall–Kier alpha value is -0.700. The van der Waals surface area contributed by atoms with Crippen LogP contribution in [0.5, 0.6) is 0 Å². The van der Waals surface area contributed by atoms with Gasteiger partial charge < -0.3 is 0 Å². The molecule has 0 N–H and O–H groups in total. The van der Waals surface area contributed by atoms with E-state index in [4.69, 9.17) is 0 Å². The van der Waals surface area contributed by atoms with Gasteiger partial charge in [-0.25, -0.2) is 0 Å². The number of hydrogen-bond donors (Lipinski definition) is 0. The van der Waals surface area contributed by atoms with E-state index in [0.717, 1.165) is 12.0 Å². The maximum absolute atomic E-state index is 3.92. The van der Waals surface area contributed by atoms with Crippen LogP contribution in [0.3, 0.4) is 0 Å². The SMILES string of the molecule is C=C(C#CC(C)(C)C)CCCC. The van der Waals surface area contributed by atoms with Gasteiger partial charge >= 0.3 is 0 Å². The lowest BCUT2D eigenvalue weighted by Crippen LogP contribution is -1.99. The van der Waals surface area contributed by atoms with Gasteiger partial charge in [-0.05, 0) is 39.2 Å². The minimum Gasteiger partial charge on any atom is -0.0923 e. The van der Waals surface area contributed by atoms with E-state index in [1.807, 2.05) is 0 Å². The zero-order valence-corrected chi connectivity index (χ0v) is 8.83. The average molecular weight is 164 g/mol. The first-order valence-corrected chi connectivity index (χ1v) is 4.66. The fourth-order valence-electron chi connectivity index (χ4n) is 0.729. The third kappa shape index (κ3) is 7.41. The first kappa shape index (κ1) is 11.3. The fourth-order valence-corrected chi connectivity index (χ4v) is 0.729. The molecule has 0 aromatic rings. The number of rotatable bonds is 3. The Kier molecular flexibility index (Phi) is 4.74. The molecule has 0 amide bonds. The standard InChI is InChI=1S/C12H20/c1-6-7-8-11(2)9-10-12(3,4)5/h2,6-8H2,1,3-5H3. The van der Waals surface area contributed by atoms with Crippen LogP contribution >= 0.6 is 0 Å². The third-order valence-corrected chi connectivity index (χ3v) is 1.45. The van der Waals surface area contributed by atoms with E-state index in [1.165, 1.54) is 12.8 Å². The summed E-state index contributed by atoms with van der Waals surface area (Å²) in [6.45, 7) is 12.5. The van der Waals surface area contributed by atoms with E-state index < -0.39 is 0 Å². The first-order valence-electron chi connectivity index (χ1n) is 4.66. The van der Waals surface area contributed by atoms with Crippen molar-refractivity contribution in [1.82, 2.24) is 0 Å². The van der Waals surface area contributed by atoms with Gasteiger partial charge in [0.05, 0.1) is 0 Å². The highest BCUT2D eigenvalue weighted by Gasteiger charge is 2.03. The normalized spacial score (nSPS) is 10.3. The Morgan fingerprint density at radius 3 is 2.33 bits per heavy atom. The second-order valence-corrected chi connectivity index (χ2v) is 4.21. The number of allylic oxidation sites excluding steroid dienone is 1. The second kappa shape index (κ2) is 5.04. The summed E-state index contributed by atoms with van der Waals surface area (Å²) in [6.07, 6.45) is 3.48. The molecule has 0 aliphatic heterocycles. The van der Waals surface area contributed by atoms with E-state index in [2.05, 4.69) is 46.1 Å². The van der Waals surface area contributed by atoms with Gasteiger partial charge in [0.2, 0.25) is 0 Å². The molecule has 0 nitrogen and oxygen atoms in total. The van der Waals surface area contributed by atoms with Crippen molar-refractivity contribution in [2.24, 2.45) is 5.41 Å². The van der Waals surface area contributed by atoms with Crippen LogP contribution in [0, 0.1) is 17.3 Å². The summed E-state index contributed by atoms with van der Waals surface area (Å²) in [6, 6.07) is 0. The summed E-state index contributed by atoms with van der Waals surface area (Å²) in [5.74, 6) is 6.29. The monoisotopic (exact) mass is 164 g/mol. The summed E-state index contributed by atoms with van der Waals surface area (Å²) in [7, 11) is 0. The molecular weight excluding hydrogens is 144 g/mol. The molecule has 0 heteroatoms. The largest absolute Gasteiger partial charge is 0.0923 e. The second-order valence-electron chi connectivity index (χ2n) is 4.21. The van der Waals surface area contributed by atoms with Crippen LogP contribution in [0.2, 0.25) is 0 Å². The Bertz CT molecular complexity index is 192. The van der Waals surface area contributed by atoms with Crippen LogP contribution in [-0.4, -0.2) is 0 Å². The molecule has 0 rings (SSSR count). The van der Waals surface area contributed by atoms with Crippen molar-refractivity contribution in [2.75, 3.05) is 0 Å². The summed E-state index contributed by atoms with van der Waals surface area (Å²) >= 11 is 0. The molecule has 0 fully saturated rings. The van der Waals surface area contributed by atoms with Crippen molar-refractivity contribution in [3.8, 4) is 11.8 Å². The van der Waals surface area contributed by atoms with Gasteiger partial charge in [0.25, 0.3) is 0 Å². The molecule has 0 saturated heterocycles. The quantitative estimate of drug-likeness (QED) is 0.557. The van der Waals surface area contributed by atoms with Gasteiger partial charge in [0, 0.05) is 5.41 Å². The molecule has 0 saturated carbocycles. The highest BCUT2D eigenvalue weighted by Crippen LogP contribution is 2.11. The highest BCUT2D eigenvalue weighted by atomic mass is 14.1. The Balaban J connectivity index is 3.88. The topological polar surface area (TPSA) is 0 Å². The average Bonchev–Trinajstić information content (AvgIpc) is 1.95.